The van der Waals surface area contributed by atoms with Gasteiger partial charge in [0, 0.05) is 22.0 Å². The maximum atomic E-state index is 13.4. The van der Waals surface area contributed by atoms with Crippen molar-refractivity contribution in [1.29, 1.82) is 21.0 Å². The second-order valence-corrected chi connectivity index (χ2v) is 17.0. The van der Waals surface area contributed by atoms with Crippen LogP contribution < -0.4 is 18.9 Å². The van der Waals surface area contributed by atoms with Gasteiger partial charge >= 0.3 is 0 Å². The van der Waals surface area contributed by atoms with Gasteiger partial charge in [-0.15, -0.1) is 0 Å². The molecule has 328 valence electrons. The van der Waals surface area contributed by atoms with Crippen LogP contribution in [0.4, 0.5) is 0 Å². The van der Waals surface area contributed by atoms with Crippen molar-refractivity contribution in [2.75, 3.05) is 0 Å². The molecule has 0 aliphatic heterocycles. The fraction of sp³-hybridized carbons (Fsp3) is 0.102. The summed E-state index contributed by atoms with van der Waals surface area (Å²) in [5.41, 5.74) is 5.90. The molecule has 0 radical (unpaired) electrons. The lowest BCUT2D eigenvalue weighted by Crippen LogP contribution is -2.18. The van der Waals surface area contributed by atoms with E-state index in [-0.39, 0.29) is 27.7 Å². The molecule has 0 heterocycles. The number of ether oxygens (including phenoxy) is 4. The predicted molar refractivity (Wildman–Crippen MR) is 258 cm³/mol. The second kappa shape index (κ2) is 19.4. The summed E-state index contributed by atoms with van der Waals surface area (Å²) >= 11 is 0. The predicted octanol–water partition coefficient (Wildman–Crippen LogP) is 14.2. The Morgan fingerprint density at radius 3 is 0.794 bits per heavy atom. The quantitative estimate of drug-likeness (QED) is 0.0972. The number of carbonyl (C=O) groups is 1. The fourth-order valence-electron chi connectivity index (χ4n) is 7.71. The molecule has 0 bridgehead atoms. The first kappa shape index (κ1) is 45.2. The van der Waals surface area contributed by atoms with Crippen LogP contribution in [-0.2, 0) is 10.8 Å². The Labute approximate surface area is 395 Å². The number of rotatable bonds is 14. The van der Waals surface area contributed by atoms with E-state index in [9.17, 15) is 25.8 Å². The molecule has 0 aliphatic carbocycles. The Hall–Kier alpha value is -9.41. The van der Waals surface area contributed by atoms with Gasteiger partial charge in [0.15, 0.2) is 5.78 Å². The summed E-state index contributed by atoms with van der Waals surface area (Å²) in [6.07, 6.45) is 0. The zero-order valence-corrected chi connectivity index (χ0v) is 37.7. The van der Waals surface area contributed by atoms with Crippen LogP contribution in [0.2, 0.25) is 0 Å². The number of benzene rings is 8. The normalized spacial score (nSPS) is 10.9. The summed E-state index contributed by atoms with van der Waals surface area (Å²) in [6.45, 7) is 8.58. The van der Waals surface area contributed by atoms with E-state index in [2.05, 4.69) is 27.7 Å². The molecule has 68 heavy (non-hydrogen) atoms. The van der Waals surface area contributed by atoms with Crippen molar-refractivity contribution in [2.45, 2.75) is 38.5 Å². The van der Waals surface area contributed by atoms with Gasteiger partial charge in [0.2, 0.25) is 0 Å². The van der Waals surface area contributed by atoms with Crippen molar-refractivity contribution in [2.24, 2.45) is 0 Å². The van der Waals surface area contributed by atoms with Crippen LogP contribution in [0, 0.1) is 45.3 Å². The van der Waals surface area contributed by atoms with E-state index in [1.165, 1.54) is 0 Å². The Morgan fingerprint density at radius 1 is 0.324 bits per heavy atom. The molecule has 0 aromatic heterocycles. The highest BCUT2D eigenvalue weighted by Crippen LogP contribution is 2.37. The van der Waals surface area contributed by atoms with Crippen LogP contribution in [0.1, 0.15) is 88.1 Å². The smallest absolute Gasteiger partial charge is 0.193 e. The number of hydrogen-bond acceptors (Lipinski definition) is 9. The highest BCUT2D eigenvalue weighted by molar-refractivity contribution is 6.09. The van der Waals surface area contributed by atoms with E-state index in [1.54, 1.807) is 84.9 Å². The van der Waals surface area contributed by atoms with Crippen molar-refractivity contribution >= 4 is 5.78 Å². The zero-order chi connectivity index (χ0) is 47.8. The van der Waals surface area contributed by atoms with Crippen molar-refractivity contribution in [3.8, 4) is 70.3 Å². The van der Waals surface area contributed by atoms with E-state index in [1.807, 2.05) is 121 Å². The molecule has 0 N–H and O–H groups in total. The topological polar surface area (TPSA) is 149 Å². The van der Waals surface area contributed by atoms with E-state index >= 15 is 0 Å². The van der Waals surface area contributed by atoms with Gasteiger partial charge in [-0.1, -0.05) is 76.2 Å². The highest BCUT2D eigenvalue weighted by atomic mass is 16.5. The number of nitriles is 4. The van der Waals surface area contributed by atoms with Gasteiger partial charge < -0.3 is 18.9 Å². The third-order valence-corrected chi connectivity index (χ3v) is 11.9. The first-order valence-electron chi connectivity index (χ1n) is 21.6. The van der Waals surface area contributed by atoms with Gasteiger partial charge in [-0.2, -0.15) is 21.0 Å². The van der Waals surface area contributed by atoms with Crippen molar-refractivity contribution in [3.05, 3.63) is 238 Å². The Bertz CT molecular complexity index is 3070. The van der Waals surface area contributed by atoms with E-state index in [0.717, 1.165) is 22.3 Å². The molecule has 0 aliphatic rings. The lowest BCUT2D eigenvalue weighted by Gasteiger charge is -2.26. The van der Waals surface area contributed by atoms with Crippen LogP contribution >= 0.6 is 0 Å². The van der Waals surface area contributed by atoms with E-state index in [0.29, 0.717) is 68.2 Å². The van der Waals surface area contributed by atoms with Gasteiger partial charge in [-0.05, 0) is 156 Å². The maximum Gasteiger partial charge on any atom is 0.193 e. The summed E-state index contributed by atoms with van der Waals surface area (Å²) < 4.78 is 24.2. The third-order valence-electron chi connectivity index (χ3n) is 11.9. The minimum absolute atomic E-state index is 0.120. The lowest BCUT2D eigenvalue weighted by atomic mass is 9.78. The van der Waals surface area contributed by atoms with Crippen LogP contribution in [0.25, 0.3) is 0 Å². The average Bonchev–Trinajstić information content (AvgIpc) is 3.37. The molecule has 0 fully saturated rings. The molecule has 9 heteroatoms. The van der Waals surface area contributed by atoms with Crippen LogP contribution in [0.5, 0.6) is 46.0 Å². The van der Waals surface area contributed by atoms with E-state index in [4.69, 9.17) is 18.9 Å². The highest BCUT2D eigenvalue weighted by Gasteiger charge is 2.25. The molecule has 8 aromatic rings. The third kappa shape index (κ3) is 9.95. The summed E-state index contributed by atoms with van der Waals surface area (Å²) in [4.78, 5) is 13.4. The number of hydrogen-bond donors (Lipinski definition) is 0. The Balaban J connectivity index is 0.831. The fourth-order valence-corrected chi connectivity index (χ4v) is 7.71. The second-order valence-electron chi connectivity index (χ2n) is 17.0. The molecule has 8 aromatic carbocycles. The summed E-state index contributed by atoms with van der Waals surface area (Å²) in [6, 6.07) is 63.3. The maximum absolute atomic E-state index is 13.4. The molecule has 0 amide bonds. The van der Waals surface area contributed by atoms with Gasteiger partial charge in [0.25, 0.3) is 0 Å². The van der Waals surface area contributed by atoms with Gasteiger partial charge in [-0.25, -0.2) is 0 Å². The summed E-state index contributed by atoms with van der Waals surface area (Å²) in [7, 11) is 0. The SMILES string of the molecule is CC(C)(c1ccc(Oc2ccc(C(=O)c3ccc(Oc4ccc(C(C)(C)c5ccc(Oc6ccc(C#N)c(C#N)c6)cc5)cc4)cc3)cc2)cc1)c1ccc(Oc2ccc(C#N)c(C#N)c2)cc1. The molecule has 0 spiro atoms. The van der Waals surface area contributed by atoms with Crippen molar-refractivity contribution < 1.29 is 23.7 Å². The number of nitrogens with zero attached hydrogens (tertiary/aromatic N) is 4. The molecule has 0 saturated carbocycles. The first-order chi connectivity index (χ1) is 32.9. The molecular formula is C59H42N4O5. The summed E-state index contributed by atoms with van der Waals surface area (Å²) in [5, 5.41) is 37.1. The molecule has 0 saturated heterocycles. The minimum atomic E-state index is -0.327. The first-order valence-corrected chi connectivity index (χ1v) is 21.6. The number of ketones is 1. The lowest BCUT2D eigenvalue weighted by molar-refractivity contribution is 0.103. The van der Waals surface area contributed by atoms with Gasteiger partial charge in [0.05, 0.1) is 22.3 Å². The van der Waals surface area contributed by atoms with Gasteiger partial charge in [0.1, 0.15) is 70.3 Å². The molecule has 0 unspecified atom stereocenters. The Morgan fingerprint density at radius 2 is 0.544 bits per heavy atom. The van der Waals surface area contributed by atoms with Crippen molar-refractivity contribution in [1.82, 2.24) is 0 Å². The standard InChI is InChI=1S/C59H42N4O5/c1-58(2,47-15-29-53(30-16-47)67-55-23-9-41(35-60)43(33-55)37-62)45-11-25-51(26-12-45)65-49-19-5-39(6-20-49)57(64)40-7-21-50(22-8-40)66-52-27-13-46(14-28-52)59(3,4)48-17-31-54(32-18-48)68-56-24-10-42(36-61)44(34-56)38-63/h5-34H,1-4H3. The minimum Gasteiger partial charge on any atom is -0.457 e. The largest absolute Gasteiger partial charge is 0.457 e. The van der Waals surface area contributed by atoms with E-state index < -0.39 is 0 Å². The van der Waals surface area contributed by atoms with Gasteiger partial charge in [-0.3, -0.25) is 4.79 Å². The van der Waals surface area contributed by atoms with Crippen LogP contribution in [-0.4, -0.2) is 5.78 Å². The van der Waals surface area contributed by atoms with Crippen LogP contribution in [0.3, 0.4) is 0 Å². The molecule has 8 rings (SSSR count). The molecular weight excluding hydrogens is 845 g/mol. The molecule has 9 nitrogen and oxygen atoms in total. The molecule has 0 atom stereocenters. The zero-order valence-electron chi connectivity index (χ0n) is 37.7. The Kier molecular flexibility index (Phi) is 12.9. The average molecular weight is 887 g/mol. The summed E-state index contributed by atoms with van der Waals surface area (Å²) in [5.74, 6) is 4.62. The monoisotopic (exact) mass is 886 g/mol. The van der Waals surface area contributed by atoms with Crippen molar-refractivity contribution in [3.63, 3.8) is 0 Å². The number of carbonyl (C=O) groups excluding carboxylic acids is 1. The van der Waals surface area contributed by atoms with Crippen LogP contribution in [0.15, 0.2) is 182 Å².